The Labute approximate surface area is 161 Å². The number of hydrogen-bond acceptors (Lipinski definition) is 3. The van der Waals surface area contributed by atoms with E-state index in [0.717, 1.165) is 16.9 Å². The number of para-hydroxylation sites is 1. The van der Waals surface area contributed by atoms with Gasteiger partial charge in [0, 0.05) is 13.1 Å². The molecule has 0 saturated carbocycles. The van der Waals surface area contributed by atoms with E-state index in [0.29, 0.717) is 25.4 Å². The van der Waals surface area contributed by atoms with Gasteiger partial charge in [-0.1, -0.05) is 62.4 Å². The summed E-state index contributed by atoms with van der Waals surface area (Å²) in [7, 11) is 0. The minimum Gasteiger partial charge on any atom is -0.481 e. The Hall–Kier alpha value is -2.82. The summed E-state index contributed by atoms with van der Waals surface area (Å²) in [6.07, 6.45) is -0.273. The van der Waals surface area contributed by atoms with Gasteiger partial charge in [0.15, 0.2) is 6.10 Å². The van der Waals surface area contributed by atoms with Gasteiger partial charge in [0.25, 0.3) is 5.91 Å². The number of hydrogen-bond donors (Lipinski definition) is 2. The summed E-state index contributed by atoms with van der Waals surface area (Å²) in [5.41, 5.74) is 2.04. The molecule has 0 bridgehead atoms. The standard InChI is InChI=1S/C22H28N2O3/c1-16(2)19-11-7-8-12-20(19)27-17(3)22(26)24-14-13-23-21(25)15-18-9-5-4-6-10-18/h4-12,16-17H,13-15H2,1-3H3,(H,23,25)(H,24,26). The summed E-state index contributed by atoms with van der Waals surface area (Å²) in [6, 6.07) is 17.3. The van der Waals surface area contributed by atoms with Crippen molar-refractivity contribution < 1.29 is 14.3 Å². The first-order chi connectivity index (χ1) is 13.0. The normalized spacial score (nSPS) is 11.7. The fourth-order valence-corrected chi connectivity index (χ4v) is 2.68. The van der Waals surface area contributed by atoms with Gasteiger partial charge < -0.3 is 15.4 Å². The topological polar surface area (TPSA) is 67.4 Å². The van der Waals surface area contributed by atoms with E-state index in [4.69, 9.17) is 4.74 Å². The Morgan fingerprint density at radius 1 is 0.889 bits per heavy atom. The van der Waals surface area contributed by atoms with Gasteiger partial charge in [-0.25, -0.2) is 0 Å². The van der Waals surface area contributed by atoms with E-state index in [9.17, 15) is 9.59 Å². The van der Waals surface area contributed by atoms with E-state index in [1.807, 2.05) is 54.6 Å². The largest absolute Gasteiger partial charge is 0.481 e. The average Bonchev–Trinajstić information content (AvgIpc) is 2.66. The van der Waals surface area contributed by atoms with Crippen LogP contribution in [0.15, 0.2) is 54.6 Å². The Morgan fingerprint density at radius 3 is 2.22 bits per heavy atom. The van der Waals surface area contributed by atoms with Crippen LogP contribution in [0.2, 0.25) is 0 Å². The molecule has 5 nitrogen and oxygen atoms in total. The zero-order valence-corrected chi connectivity index (χ0v) is 16.2. The molecule has 0 aliphatic carbocycles. The van der Waals surface area contributed by atoms with Crippen molar-refractivity contribution in [3.8, 4) is 5.75 Å². The van der Waals surface area contributed by atoms with Crippen LogP contribution in [0.1, 0.15) is 37.8 Å². The lowest BCUT2D eigenvalue weighted by atomic mass is 10.0. The van der Waals surface area contributed by atoms with E-state index in [-0.39, 0.29) is 11.8 Å². The monoisotopic (exact) mass is 368 g/mol. The Balaban J connectivity index is 1.71. The van der Waals surface area contributed by atoms with Gasteiger partial charge in [0.1, 0.15) is 5.75 Å². The lowest BCUT2D eigenvalue weighted by Crippen LogP contribution is -2.41. The van der Waals surface area contributed by atoms with Crippen LogP contribution in [0.4, 0.5) is 0 Å². The molecule has 0 aliphatic heterocycles. The van der Waals surface area contributed by atoms with E-state index in [1.165, 1.54) is 0 Å². The first-order valence-electron chi connectivity index (χ1n) is 9.31. The van der Waals surface area contributed by atoms with Crippen molar-refractivity contribution in [1.29, 1.82) is 0 Å². The van der Waals surface area contributed by atoms with Gasteiger partial charge in [-0.2, -0.15) is 0 Å². The molecule has 2 aromatic carbocycles. The third-order valence-electron chi connectivity index (χ3n) is 4.17. The highest BCUT2D eigenvalue weighted by atomic mass is 16.5. The molecule has 2 amide bonds. The van der Waals surface area contributed by atoms with Crippen LogP contribution >= 0.6 is 0 Å². The molecule has 0 spiro atoms. The second kappa shape index (κ2) is 10.4. The molecule has 0 saturated heterocycles. The van der Waals surface area contributed by atoms with Crippen molar-refractivity contribution in [1.82, 2.24) is 10.6 Å². The average molecular weight is 368 g/mol. The number of rotatable bonds is 9. The zero-order chi connectivity index (χ0) is 19.6. The summed E-state index contributed by atoms with van der Waals surface area (Å²) >= 11 is 0. The van der Waals surface area contributed by atoms with Gasteiger partial charge in [0.05, 0.1) is 6.42 Å². The van der Waals surface area contributed by atoms with Crippen LogP contribution < -0.4 is 15.4 Å². The van der Waals surface area contributed by atoms with Gasteiger partial charge in [0.2, 0.25) is 5.91 Å². The lowest BCUT2D eigenvalue weighted by molar-refractivity contribution is -0.127. The van der Waals surface area contributed by atoms with E-state index in [1.54, 1.807) is 6.92 Å². The van der Waals surface area contributed by atoms with Crippen LogP contribution in [-0.4, -0.2) is 31.0 Å². The Morgan fingerprint density at radius 2 is 1.52 bits per heavy atom. The minimum absolute atomic E-state index is 0.0643. The molecule has 27 heavy (non-hydrogen) atoms. The first-order valence-corrected chi connectivity index (χ1v) is 9.31. The number of amides is 2. The van der Waals surface area contributed by atoms with Crippen LogP contribution in [0.3, 0.4) is 0 Å². The molecule has 0 radical (unpaired) electrons. The molecule has 0 aliphatic rings. The fraction of sp³-hybridized carbons (Fsp3) is 0.364. The van der Waals surface area contributed by atoms with Crippen molar-refractivity contribution in [3.05, 3.63) is 65.7 Å². The molecule has 1 unspecified atom stereocenters. The molecule has 144 valence electrons. The van der Waals surface area contributed by atoms with Crippen LogP contribution in [-0.2, 0) is 16.0 Å². The first kappa shape index (κ1) is 20.5. The van der Waals surface area contributed by atoms with Crippen LogP contribution in [0.5, 0.6) is 5.75 Å². The maximum Gasteiger partial charge on any atom is 0.260 e. The van der Waals surface area contributed by atoms with Gasteiger partial charge in [-0.3, -0.25) is 9.59 Å². The predicted molar refractivity (Wildman–Crippen MR) is 107 cm³/mol. The molecule has 2 N–H and O–H groups in total. The maximum atomic E-state index is 12.2. The second-order valence-electron chi connectivity index (χ2n) is 6.76. The highest BCUT2D eigenvalue weighted by Crippen LogP contribution is 2.26. The van der Waals surface area contributed by atoms with Crippen molar-refractivity contribution >= 4 is 11.8 Å². The third kappa shape index (κ3) is 6.77. The molecule has 0 aromatic heterocycles. The quantitative estimate of drug-likeness (QED) is 0.669. The van der Waals surface area contributed by atoms with Gasteiger partial charge in [-0.15, -0.1) is 0 Å². The maximum absolute atomic E-state index is 12.2. The van der Waals surface area contributed by atoms with E-state index >= 15 is 0 Å². The highest BCUT2D eigenvalue weighted by molar-refractivity contribution is 5.81. The predicted octanol–water partition coefficient (Wildman–Crippen LogP) is 3.05. The number of ether oxygens (including phenoxy) is 1. The van der Waals surface area contributed by atoms with Crippen molar-refractivity contribution in [2.75, 3.05) is 13.1 Å². The Kier molecular flexibility index (Phi) is 7.86. The summed E-state index contributed by atoms with van der Waals surface area (Å²) in [4.78, 5) is 24.1. The van der Waals surface area contributed by atoms with Crippen molar-refractivity contribution in [3.63, 3.8) is 0 Å². The number of carbonyl (C=O) groups is 2. The van der Waals surface area contributed by atoms with E-state index in [2.05, 4.69) is 24.5 Å². The summed E-state index contributed by atoms with van der Waals surface area (Å²) in [6.45, 7) is 6.64. The highest BCUT2D eigenvalue weighted by Gasteiger charge is 2.16. The molecule has 2 aromatic rings. The molecule has 0 fully saturated rings. The van der Waals surface area contributed by atoms with Crippen LogP contribution in [0.25, 0.3) is 0 Å². The summed E-state index contributed by atoms with van der Waals surface area (Å²) < 4.78 is 5.83. The SMILES string of the molecule is CC(Oc1ccccc1C(C)C)C(=O)NCCNC(=O)Cc1ccccc1. The Bertz CT molecular complexity index is 744. The second-order valence-corrected chi connectivity index (χ2v) is 6.76. The number of nitrogens with one attached hydrogen (secondary N) is 2. The molecule has 0 heterocycles. The van der Waals surface area contributed by atoms with Gasteiger partial charge >= 0.3 is 0 Å². The lowest BCUT2D eigenvalue weighted by Gasteiger charge is -2.18. The van der Waals surface area contributed by atoms with E-state index < -0.39 is 6.10 Å². The van der Waals surface area contributed by atoms with Crippen molar-refractivity contribution in [2.45, 2.75) is 39.2 Å². The summed E-state index contributed by atoms with van der Waals surface area (Å²) in [5.74, 6) is 0.777. The molecule has 5 heteroatoms. The smallest absolute Gasteiger partial charge is 0.260 e. The number of carbonyl (C=O) groups excluding carboxylic acids is 2. The molecular weight excluding hydrogens is 340 g/mol. The molecular formula is C22H28N2O3. The number of benzene rings is 2. The molecule has 2 rings (SSSR count). The van der Waals surface area contributed by atoms with Gasteiger partial charge in [-0.05, 0) is 30.0 Å². The third-order valence-corrected chi connectivity index (χ3v) is 4.17. The fourth-order valence-electron chi connectivity index (χ4n) is 2.68. The van der Waals surface area contributed by atoms with Crippen LogP contribution in [0, 0.1) is 0 Å². The van der Waals surface area contributed by atoms with Crippen molar-refractivity contribution in [2.24, 2.45) is 0 Å². The zero-order valence-electron chi connectivity index (χ0n) is 16.2. The minimum atomic E-state index is -0.607. The molecule has 1 atom stereocenters. The summed E-state index contributed by atoms with van der Waals surface area (Å²) in [5, 5.41) is 5.60.